The monoisotopic (exact) mass is 234 g/mol. The van der Waals surface area contributed by atoms with E-state index in [4.69, 9.17) is 4.42 Å². The standard InChI is InChI=1S/C12H14N2OS/c1-4-13-5-2-12(1)16-8-6-14-9-11-3-7-15-10-11/h1-5,7,10,14H,6,8-9H2. The third-order valence-electron chi connectivity index (χ3n) is 2.11. The molecular weight excluding hydrogens is 220 g/mol. The van der Waals surface area contributed by atoms with Crippen LogP contribution in [0.15, 0.2) is 52.4 Å². The molecule has 0 aliphatic rings. The zero-order valence-corrected chi connectivity index (χ0v) is 9.74. The summed E-state index contributed by atoms with van der Waals surface area (Å²) >= 11 is 1.83. The molecule has 0 fully saturated rings. The van der Waals surface area contributed by atoms with Gasteiger partial charge in [0, 0.05) is 41.7 Å². The lowest BCUT2D eigenvalue weighted by Gasteiger charge is -2.02. The summed E-state index contributed by atoms with van der Waals surface area (Å²) in [4.78, 5) is 5.25. The molecule has 0 spiro atoms. The maximum Gasteiger partial charge on any atom is 0.0947 e. The van der Waals surface area contributed by atoms with E-state index in [0.717, 1.165) is 18.8 Å². The van der Waals surface area contributed by atoms with Gasteiger partial charge in [-0.3, -0.25) is 4.98 Å². The molecule has 0 aliphatic carbocycles. The van der Waals surface area contributed by atoms with E-state index in [-0.39, 0.29) is 0 Å². The molecule has 2 rings (SSSR count). The molecule has 1 N–H and O–H groups in total. The molecule has 16 heavy (non-hydrogen) atoms. The van der Waals surface area contributed by atoms with Gasteiger partial charge in [-0.1, -0.05) is 0 Å². The Bertz CT molecular complexity index is 389. The minimum absolute atomic E-state index is 0.868. The molecule has 2 heterocycles. The molecule has 0 bridgehead atoms. The van der Waals surface area contributed by atoms with Crippen LogP contribution in [0.1, 0.15) is 5.56 Å². The van der Waals surface area contributed by atoms with Crippen molar-refractivity contribution in [3.05, 3.63) is 48.7 Å². The van der Waals surface area contributed by atoms with Crippen molar-refractivity contribution in [2.45, 2.75) is 11.4 Å². The topological polar surface area (TPSA) is 38.1 Å². The second-order valence-corrected chi connectivity index (χ2v) is 4.51. The lowest BCUT2D eigenvalue weighted by Crippen LogP contribution is -2.15. The number of rotatable bonds is 6. The number of nitrogens with one attached hydrogen (secondary N) is 1. The van der Waals surface area contributed by atoms with Gasteiger partial charge >= 0.3 is 0 Å². The summed E-state index contributed by atoms with van der Waals surface area (Å²) in [7, 11) is 0. The third-order valence-corrected chi connectivity index (χ3v) is 3.12. The Kier molecular flexibility index (Phi) is 4.46. The number of hydrogen-bond donors (Lipinski definition) is 1. The van der Waals surface area contributed by atoms with Gasteiger partial charge < -0.3 is 9.73 Å². The highest BCUT2D eigenvalue weighted by Crippen LogP contribution is 2.14. The Morgan fingerprint density at radius 3 is 2.88 bits per heavy atom. The molecule has 2 aromatic heterocycles. The summed E-state index contributed by atoms with van der Waals surface area (Å²) < 4.78 is 4.99. The fourth-order valence-electron chi connectivity index (χ4n) is 1.30. The van der Waals surface area contributed by atoms with Gasteiger partial charge in [0.25, 0.3) is 0 Å². The number of furan rings is 1. The maximum atomic E-state index is 4.99. The van der Waals surface area contributed by atoms with Crippen LogP contribution in [0.3, 0.4) is 0 Å². The van der Waals surface area contributed by atoms with Gasteiger partial charge in [-0.15, -0.1) is 11.8 Å². The smallest absolute Gasteiger partial charge is 0.0947 e. The normalized spacial score (nSPS) is 10.5. The molecular formula is C12H14N2OS. The molecule has 0 saturated carbocycles. The maximum absolute atomic E-state index is 4.99. The van der Waals surface area contributed by atoms with Gasteiger partial charge in [-0.25, -0.2) is 0 Å². The van der Waals surface area contributed by atoms with Gasteiger partial charge in [0.15, 0.2) is 0 Å². The van der Waals surface area contributed by atoms with Crippen molar-refractivity contribution in [1.82, 2.24) is 10.3 Å². The Hall–Kier alpha value is -1.26. The van der Waals surface area contributed by atoms with E-state index in [1.807, 2.05) is 42.4 Å². The highest BCUT2D eigenvalue weighted by atomic mass is 32.2. The summed E-state index contributed by atoms with van der Waals surface area (Å²) in [6, 6.07) is 6.03. The van der Waals surface area contributed by atoms with Crippen LogP contribution in [0.4, 0.5) is 0 Å². The molecule has 0 aliphatic heterocycles. The number of aromatic nitrogens is 1. The molecule has 3 nitrogen and oxygen atoms in total. The zero-order chi connectivity index (χ0) is 11.1. The first-order chi connectivity index (χ1) is 7.95. The minimum atomic E-state index is 0.868. The van der Waals surface area contributed by atoms with Gasteiger partial charge in [0.1, 0.15) is 0 Å². The third kappa shape index (κ3) is 3.72. The Morgan fingerprint density at radius 2 is 2.12 bits per heavy atom. The summed E-state index contributed by atoms with van der Waals surface area (Å²) in [5.41, 5.74) is 1.19. The summed E-state index contributed by atoms with van der Waals surface area (Å²) in [5, 5.41) is 3.36. The first kappa shape index (κ1) is 11.2. The zero-order valence-electron chi connectivity index (χ0n) is 8.93. The van der Waals surface area contributed by atoms with Gasteiger partial charge in [-0.2, -0.15) is 0 Å². The van der Waals surface area contributed by atoms with Crippen molar-refractivity contribution < 1.29 is 4.42 Å². The Balaban J connectivity index is 1.59. The fraction of sp³-hybridized carbons (Fsp3) is 0.250. The first-order valence-electron chi connectivity index (χ1n) is 5.20. The van der Waals surface area contributed by atoms with Crippen LogP contribution in [0.2, 0.25) is 0 Å². The highest BCUT2D eigenvalue weighted by Gasteiger charge is 1.94. The van der Waals surface area contributed by atoms with E-state index >= 15 is 0 Å². The average Bonchev–Trinajstić information content (AvgIpc) is 2.83. The molecule has 0 aromatic carbocycles. The molecule has 2 aromatic rings. The molecule has 0 atom stereocenters. The largest absolute Gasteiger partial charge is 0.472 e. The van der Waals surface area contributed by atoms with Crippen LogP contribution in [0.5, 0.6) is 0 Å². The van der Waals surface area contributed by atoms with Gasteiger partial charge in [0.2, 0.25) is 0 Å². The van der Waals surface area contributed by atoms with Crippen molar-refractivity contribution in [1.29, 1.82) is 0 Å². The van der Waals surface area contributed by atoms with Crippen molar-refractivity contribution in [3.8, 4) is 0 Å². The van der Waals surface area contributed by atoms with Crippen LogP contribution in [-0.2, 0) is 6.54 Å². The number of pyridine rings is 1. The second kappa shape index (κ2) is 6.35. The molecule has 0 saturated heterocycles. The Morgan fingerprint density at radius 1 is 1.25 bits per heavy atom. The van der Waals surface area contributed by atoms with E-state index in [0.29, 0.717) is 0 Å². The van der Waals surface area contributed by atoms with Crippen LogP contribution in [0, 0.1) is 0 Å². The fourth-order valence-corrected chi connectivity index (χ4v) is 2.10. The van der Waals surface area contributed by atoms with Crippen molar-refractivity contribution in [3.63, 3.8) is 0 Å². The predicted octanol–water partition coefficient (Wildman–Crippen LogP) is 2.56. The van der Waals surface area contributed by atoms with Crippen molar-refractivity contribution in [2.24, 2.45) is 0 Å². The lowest BCUT2D eigenvalue weighted by atomic mass is 10.3. The second-order valence-electron chi connectivity index (χ2n) is 3.34. The molecule has 4 heteroatoms. The van der Waals surface area contributed by atoms with E-state index in [1.54, 1.807) is 12.5 Å². The predicted molar refractivity (Wildman–Crippen MR) is 65.4 cm³/mol. The molecule has 0 amide bonds. The lowest BCUT2D eigenvalue weighted by molar-refractivity contribution is 0.561. The molecule has 84 valence electrons. The van der Waals surface area contributed by atoms with E-state index in [1.165, 1.54) is 10.5 Å². The van der Waals surface area contributed by atoms with Crippen molar-refractivity contribution in [2.75, 3.05) is 12.3 Å². The van der Waals surface area contributed by atoms with Gasteiger partial charge in [-0.05, 0) is 18.2 Å². The highest BCUT2D eigenvalue weighted by molar-refractivity contribution is 7.99. The summed E-state index contributed by atoms with van der Waals surface area (Å²) in [6.07, 6.45) is 7.11. The SMILES string of the molecule is c1cc(SCCNCc2ccoc2)ccn1. The quantitative estimate of drug-likeness (QED) is 0.616. The average molecular weight is 234 g/mol. The van der Waals surface area contributed by atoms with Crippen LogP contribution in [0.25, 0.3) is 0 Å². The van der Waals surface area contributed by atoms with Crippen LogP contribution >= 0.6 is 11.8 Å². The summed E-state index contributed by atoms with van der Waals surface area (Å²) in [6.45, 7) is 1.85. The number of hydrogen-bond acceptors (Lipinski definition) is 4. The minimum Gasteiger partial charge on any atom is -0.472 e. The first-order valence-corrected chi connectivity index (χ1v) is 6.18. The molecule has 0 radical (unpaired) electrons. The van der Waals surface area contributed by atoms with Crippen LogP contribution in [-0.4, -0.2) is 17.3 Å². The van der Waals surface area contributed by atoms with E-state index in [9.17, 15) is 0 Å². The van der Waals surface area contributed by atoms with Crippen molar-refractivity contribution >= 4 is 11.8 Å². The molecule has 0 unspecified atom stereocenters. The Labute approximate surface area is 99.3 Å². The van der Waals surface area contributed by atoms with E-state index in [2.05, 4.69) is 10.3 Å². The van der Waals surface area contributed by atoms with E-state index < -0.39 is 0 Å². The van der Waals surface area contributed by atoms with Gasteiger partial charge in [0.05, 0.1) is 12.5 Å². The van der Waals surface area contributed by atoms with Crippen LogP contribution < -0.4 is 5.32 Å². The number of thioether (sulfide) groups is 1. The summed E-state index contributed by atoms with van der Waals surface area (Å²) in [5.74, 6) is 1.06. The number of nitrogens with zero attached hydrogens (tertiary/aromatic N) is 1.